The second-order valence-electron chi connectivity index (χ2n) is 4.68. The molecule has 6 nitrogen and oxygen atoms in total. The summed E-state index contributed by atoms with van der Waals surface area (Å²) in [5.41, 5.74) is -0.173. The minimum absolute atomic E-state index is 0.0000553. The molecular formula is C14H15NO5. The molecule has 0 aliphatic carbocycles. The van der Waals surface area contributed by atoms with E-state index in [-0.39, 0.29) is 5.69 Å². The summed E-state index contributed by atoms with van der Waals surface area (Å²) in [6, 6.07) is 5.99. The number of hydrogen-bond donors (Lipinski definition) is 0. The van der Waals surface area contributed by atoms with Gasteiger partial charge in [-0.1, -0.05) is 0 Å². The summed E-state index contributed by atoms with van der Waals surface area (Å²) in [6.07, 6.45) is 1.74. The highest BCUT2D eigenvalue weighted by Crippen LogP contribution is 2.36. The number of cyclic esters (lactones) is 1. The lowest BCUT2D eigenvalue weighted by atomic mass is 9.89. The van der Waals surface area contributed by atoms with Crippen LogP contribution in [0.25, 0.3) is 0 Å². The first-order valence-electron chi connectivity index (χ1n) is 6.26. The van der Waals surface area contributed by atoms with Gasteiger partial charge in [0.25, 0.3) is 5.69 Å². The molecule has 1 aromatic rings. The van der Waals surface area contributed by atoms with Crippen LogP contribution in [-0.4, -0.2) is 17.5 Å². The highest BCUT2D eigenvalue weighted by atomic mass is 16.6. The molecule has 106 valence electrons. The molecule has 0 bridgehead atoms. The van der Waals surface area contributed by atoms with Crippen LogP contribution in [0.5, 0.6) is 0 Å². The SMILES string of the molecule is CCOC1=CC(=O)OC(C)(c2ccc([N+](=O)[O-])cc2)C1. The van der Waals surface area contributed by atoms with E-state index in [2.05, 4.69) is 0 Å². The van der Waals surface area contributed by atoms with Crippen LogP contribution in [0, 0.1) is 10.1 Å². The Morgan fingerprint density at radius 1 is 1.40 bits per heavy atom. The minimum atomic E-state index is -0.870. The zero-order valence-corrected chi connectivity index (χ0v) is 11.3. The lowest BCUT2D eigenvalue weighted by Gasteiger charge is -2.33. The van der Waals surface area contributed by atoms with Crippen molar-refractivity contribution >= 4 is 11.7 Å². The maximum absolute atomic E-state index is 11.6. The third kappa shape index (κ3) is 2.79. The van der Waals surface area contributed by atoms with Gasteiger partial charge in [-0.15, -0.1) is 0 Å². The van der Waals surface area contributed by atoms with E-state index in [4.69, 9.17) is 9.47 Å². The number of esters is 1. The van der Waals surface area contributed by atoms with E-state index >= 15 is 0 Å². The molecule has 1 aliphatic heterocycles. The Kier molecular flexibility index (Phi) is 3.74. The fourth-order valence-electron chi connectivity index (χ4n) is 2.18. The summed E-state index contributed by atoms with van der Waals surface area (Å²) in [6.45, 7) is 4.07. The fourth-order valence-corrected chi connectivity index (χ4v) is 2.18. The van der Waals surface area contributed by atoms with Gasteiger partial charge in [-0.3, -0.25) is 10.1 Å². The highest BCUT2D eigenvalue weighted by molar-refractivity contribution is 5.84. The third-order valence-electron chi connectivity index (χ3n) is 3.13. The Balaban J connectivity index is 2.28. The molecule has 0 fully saturated rings. The van der Waals surface area contributed by atoms with Gasteiger partial charge in [0.1, 0.15) is 11.4 Å². The zero-order valence-electron chi connectivity index (χ0n) is 11.3. The second-order valence-corrected chi connectivity index (χ2v) is 4.68. The molecule has 1 aliphatic rings. The van der Waals surface area contributed by atoms with Gasteiger partial charge in [-0.2, -0.15) is 0 Å². The van der Waals surface area contributed by atoms with E-state index in [1.165, 1.54) is 18.2 Å². The van der Waals surface area contributed by atoms with E-state index in [1.54, 1.807) is 19.1 Å². The predicted octanol–water partition coefficient (Wildman–Crippen LogP) is 2.68. The molecule has 1 aromatic carbocycles. The normalized spacial score (nSPS) is 21.9. The van der Waals surface area contributed by atoms with Gasteiger partial charge in [0.15, 0.2) is 0 Å². The van der Waals surface area contributed by atoms with Crippen molar-refractivity contribution in [1.82, 2.24) is 0 Å². The molecular weight excluding hydrogens is 262 g/mol. The van der Waals surface area contributed by atoms with Crippen molar-refractivity contribution in [2.45, 2.75) is 25.9 Å². The monoisotopic (exact) mass is 277 g/mol. The molecule has 0 N–H and O–H groups in total. The maximum atomic E-state index is 11.6. The van der Waals surface area contributed by atoms with Crippen molar-refractivity contribution in [2.24, 2.45) is 0 Å². The lowest BCUT2D eigenvalue weighted by Crippen LogP contribution is -2.33. The first-order chi connectivity index (χ1) is 9.44. The Hall–Kier alpha value is -2.37. The van der Waals surface area contributed by atoms with Crippen molar-refractivity contribution in [2.75, 3.05) is 6.61 Å². The first kappa shape index (κ1) is 14.0. The number of nitro benzene ring substituents is 1. The maximum Gasteiger partial charge on any atom is 0.335 e. The summed E-state index contributed by atoms with van der Waals surface area (Å²) in [4.78, 5) is 21.8. The van der Waals surface area contributed by atoms with Gasteiger partial charge in [-0.25, -0.2) is 4.79 Å². The number of carbonyl (C=O) groups excluding carboxylic acids is 1. The molecule has 0 saturated heterocycles. The zero-order chi connectivity index (χ0) is 14.8. The molecule has 2 rings (SSSR count). The standard InChI is InChI=1S/C14H15NO5/c1-3-19-12-8-13(16)20-14(2,9-12)10-4-6-11(7-5-10)15(17)18/h4-8H,3,9H2,1-2H3. The van der Waals surface area contributed by atoms with Crippen molar-refractivity contribution in [3.05, 3.63) is 51.8 Å². The Labute approximate surface area is 116 Å². The average Bonchev–Trinajstić information content (AvgIpc) is 2.38. The smallest absolute Gasteiger partial charge is 0.335 e. The number of hydrogen-bond acceptors (Lipinski definition) is 5. The van der Waals surface area contributed by atoms with Crippen molar-refractivity contribution in [3.63, 3.8) is 0 Å². The van der Waals surface area contributed by atoms with Crippen LogP contribution >= 0.6 is 0 Å². The molecule has 0 aromatic heterocycles. The molecule has 6 heteroatoms. The number of nitro groups is 1. The molecule has 0 radical (unpaired) electrons. The van der Waals surface area contributed by atoms with Gasteiger partial charge in [0, 0.05) is 18.6 Å². The molecule has 1 atom stereocenters. The Morgan fingerprint density at radius 3 is 2.60 bits per heavy atom. The average molecular weight is 277 g/mol. The van der Waals surface area contributed by atoms with Crippen LogP contribution < -0.4 is 0 Å². The predicted molar refractivity (Wildman–Crippen MR) is 70.9 cm³/mol. The van der Waals surface area contributed by atoms with Crippen LogP contribution in [0.3, 0.4) is 0 Å². The van der Waals surface area contributed by atoms with Crippen LogP contribution in [0.1, 0.15) is 25.8 Å². The Bertz CT molecular complexity index is 563. The van der Waals surface area contributed by atoms with E-state index < -0.39 is 16.5 Å². The van der Waals surface area contributed by atoms with Crippen molar-refractivity contribution in [3.8, 4) is 0 Å². The van der Waals surface area contributed by atoms with Gasteiger partial charge < -0.3 is 9.47 Å². The number of carbonyl (C=O) groups is 1. The summed E-state index contributed by atoms with van der Waals surface area (Å²) in [5.74, 6) is 0.0881. The first-order valence-corrected chi connectivity index (χ1v) is 6.26. The number of benzene rings is 1. The van der Waals surface area contributed by atoms with Crippen LogP contribution in [0.15, 0.2) is 36.1 Å². The van der Waals surface area contributed by atoms with Crippen LogP contribution in [0.2, 0.25) is 0 Å². The van der Waals surface area contributed by atoms with Gasteiger partial charge in [0.05, 0.1) is 17.6 Å². The molecule has 1 unspecified atom stereocenters. The number of nitrogens with zero attached hydrogens (tertiary/aromatic N) is 1. The third-order valence-corrected chi connectivity index (χ3v) is 3.13. The number of ether oxygens (including phenoxy) is 2. The molecule has 0 amide bonds. The van der Waals surface area contributed by atoms with Crippen molar-refractivity contribution < 1.29 is 19.2 Å². The van der Waals surface area contributed by atoms with E-state index in [9.17, 15) is 14.9 Å². The number of non-ortho nitro benzene ring substituents is 1. The molecule has 0 spiro atoms. The van der Waals surface area contributed by atoms with Crippen molar-refractivity contribution in [1.29, 1.82) is 0 Å². The van der Waals surface area contributed by atoms with E-state index in [0.717, 1.165) is 0 Å². The fraction of sp³-hybridized carbons (Fsp3) is 0.357. The topological polar surface area (TPSA) is 78.7 Å². The van der Waals surface area contributed by atoms with Crippen LogP contribution in [0.4, 0.5) is 5.69 Å². The van der Waals surface area contributed by atoms with E-state index in [0.29, 0.717) is 24.4 Å². The number of rotatable bonds is 4. The highest BCUT2D eigenvalue weighted by Gasteiger charge is 2.36. The van der Waals surface area contributed by atoms with E-state index in [1.807, 2.05) is 6.92 Å². The molecule has 20 heavy (non-hydrogen) atoms. The van der Waals surface area contributed by atoms with Gasteiger partial charge in [-0.05, 0) is 31.5 Å². The Morgan fingerprint density at radius 2 is 2.05 bits per heavy atom. The summed E-state index contributed by atoms with van der Waals surface area (Å²) in [5, 5.41) is 10.6. The summed E-state index contributed by atoms with van der Waals surface area (Å²) < 4.78 is 10.8. The molecule has 0 saturated carbocycles. The summed E-state index contributed by atoms with van der Waals surface area (Å²) in [7, 11) is 0. The van der Waals surface area contributed by atoms with Crippen LogP contribution in [-0.2, 0) is 19.9 Å². The largest absolute Gasteiger partial charge is 0.498 e. The lowest BCUT2D eigenvalue weighted by molar-refractivity contribution is -0.384. The second kappa shape index (κ2) is 5.32. The molecule has 1 heterocycles. The van der Waals surface area contributed by atoms with Gasteiger partial charge in [0.2, 0.25) is 0 Å². The summed E-state index contributed by atoms with van der Waals surface area (Å²) >= 11 is 0. The minimum Gasteiger partial charge on any atom is -0.498 e. The van der Waals surface area contributed by atoms with Gasteiger partial charge >= 0.3 is 5.97 Å². The quantitative estimate of drug-likeness (QED) is 0.480.